The van der Waals surface area contributed by atoms with Crippen LogP contribution >= 0.6 is 0 Å². The summed E-state index contributed by atoms with van der Waals surface area (Å²) in [5, 5.41) is 10.3. The summed E-state index contributed by atoms with van der Waals surface area (Å²) >= 11 is 0. The molecule has 2 aromatic rings. The molecule has 128 valence electrons. The van der Waals surface area contributed by atoms with E-state index in [2.05, 4.69) is 4.98 Å². The van der Waals surface area contributed by atoms with Crippen LogP contribution in [-0.2, 0) is 16.1 Å². The number of halogens is 1. The number of carbonyl (C=O) groups excluding carboxylic acids is 2. The van der Waals surface area contributed by atoms with Crippen LogP contribution in [0.15, 0.2) is 60.0 Å². The molecule has 1 aromatic heterocycles. The highest BCUT2D eigenvalue weighted by atomic mass is 19.1. The summed E-state index contributed by atoms with van der Waals surface area (Å²) in [5.74, 6) is -1.84. The van der Waals surface area contributed by atoms with Gasteiger partial charge < -0.3 is 10.0 Å². The summed E-state index contributed by atoms with van der Waals surface area (Å²) in [4.78, 5) is 30.5. The van der Waals surface area contributed by atoms with Gasteiger partial charge >= 0.3 is 0 Å². The maximum absolute atomic E-state index is 13.1. The number of nitrogens with zero attached hydrogens (tertiary/aromatic N) is 2. The van der Waals surface area contributed by atoms with Gasteiger partial charge in [-0.15, -0.1) is 0 Å². The van der Waals surface area contributed by atoms with Gasteiger partial charge in [0.1, 0.15) is 11.9 Å². The number of carbonyl (C=O) groups is 2. The van der Waals surface area contributed by atoms with E-state index in [-0.39, 0.29) is 30.1 Å². The molecule has 0 aliphatic carbocycles. The van der Waals surface area contributed by atoms with Crippen LogP contribution in [0.3, 0.4) is 0 Å². The van der Waals surface area contributed by atoms with Crippen molar-refractivity contribution in [2.24, 2.45) is 0 Å². The molecular weight excluding hydrogens is 323 g/mol. The van der Waals surface area contributed by atoms with Crippen LogP contribution in [0.1, 0.15) is 30.6 Å². The largest absolute Gasteiger partial charge is 0.503 e. The molecule has 0 fully saturated rings. The van der Waals surface area contributed by atoms with Crippen molar-refractivity contribution < 1.29 is 19.1 Å². The lowest BCUT2D eigenvalue weighted by atomic mass is 9.98. The van der Waals surface area contributed by atoms with E-state index in [1.165, 1.54) is 17.0 Å². The first kappa shape index (κ1) is 16.8. The molecule has 0 saturated heterocycles. The first-order chi connectivity index (χ1) is 12.0. The van der Waals surface area contributed by atoms with Crippen molar-refractivity contribution in [3.05, 3.63) is 77.1 Å². The monoisotopic (exact) mass is 340 g/mol. The van der Waals surface area contributed by atoms with Crippen LogP contribution in [-0.4, -0.2) is 26.7 Å². The molecule has 1 aromatic carbocycles. The van der Waals surface area contributed by atoms with Gasteiger partial charge in [0.25, 0.3) is 5.91 Å². The van der Waals surface area contributed by atoms with Crippen molar-refractivity contribution in [2.75, 3.05) is 0 Å². The molecule has 1 amide bonds. The van der Waals surface area contributed by atoms with Crippen LogP contribution in [0.4, 0.5) is 4.39 Å². The van der Waals surface area contributed by atoms with E-state index in [0.29, 0.717) is 11.3 Å². The molecule has 0 spiro atoms. The summed E-state index contributed by atoms with van der Waals surface area (Å²) in [6, 6.07) is 10.2. The Hall–Kier alpha value is -3.02. The Bertz CT molecular complexity index is 832. The van der Waals surface area contributed by atoms with Crippen molar-refractivity contribution >= 4 is 11.7 Å². The number of pyridine rings is 1. The second kappa shape index (κ2) is 6.84. The molecule has 1 aliphatic heterocycles. The number of aliphatic hydroxyl groups is 1. The normalized spacial score (nSPS) is 17.3. The number of Topliss-reactive ketones (excluding diaryl/α,β-unsaturated/α-hetero) is 1. The summed E-state index contributed by atoms with van der Waals surface area (Å²) in [7, 11) is 0. The first-order valence-electron chi connectivity index (χ1n) is 7.95. The number of aromatic nitrogens is 1. The Morgan fingerprint density at radius 3 is 2.56 bits per heavy atom. The molecule has 1 unspecified atom stereocenters. The third-order valence-corrected chi connectivity index (χ3v) is 4.16. The SMILES string of the molecule is CCC(=O)C1=C(O)C(=O)N(Cc2ccc(F)cc2)C1c1ccccn1. The lowest BCUT2D eigenvalue weighted by Gasteiger charge is -2.26. The molecule has 0 bridgehead atoms. The Morgan fingerprint density at radius 2 is 1.96 bits per heavy atom. The highest BCUT2D eigenvalue weighted by molar-refractivity contribution is 6.08. The van der Waals surface area contributed by atoms with E-state index in [0.717, 1.165) is 0 Å². The van der Waals surface area contributed by atoms with Crippen LogP contribution in [0, 0.1) is 5.82 Å². The number of ketones is 1. The molecule has 0 saturated carbocycles. The van der Waals surface area contributed by atoms with Crippen LogP contribution in [0.2, 0.25) is 0 Å². The van der Waals surface area contributed by atoms with Crippen molar-refractivity contribution in [3.8, 4) is 0 Å². The third-order valence-electron chi connectivity index (χ3n) is 4.16. The van der Waals surface area contributed by atoms with Gasteiger partial charge in [0, 0.05) is 19.2 Å². The molecule has 1 aliphatic rings. The second-order valence-corrected chi connectivity index (χ2v) is 5.76. The number of hydrogen-bond donors (Lipinski definition) is 1. The summed E-state index contributed by atoms with van der Waals surface area (Å²) < 4.78 is 13.1. The zero-order valence-corrected chi connectivity index (χ0v) is 13.6. The predicted octanol–water partition coefficient (Wildman–Crippen LogP) is 3.10. The number of amides is 1. The minimum absolute atomic E-state index is 0.0633. The molecule has 2 heterocycles. The smallest absolute Gasteiger partial charge is 0.290 e. The van der Waals surface area contributed by atoms with E-state index in [1.54, 1.807) is 43.5 Å². The average molecular weight is 340 g/mol. The van der Waals surface area contributed by atoms with Crippen LogP contribution in [0.5, 0.6) is 0 Å². The van der Waals surface area contributed by atoms with Gasteiger partial charge in [0.2, 0.25) is 0 Å². The quantitative estimate of drug-likeness (QED) is 0.908. The average Bonchev–Trinajstić information content (AvgIpc) is 2.88. The van der Waals surface area contributed by atoms with Crippen LogP contribution in [0.25, 0.3) is 0 Å². The predicted molar refractivity (Wildman–Crippen MR) is 88.9 cm³/mol. The topological polar surface area (TPSA) is 70.5 Å². The van der Waals surface area contributed by atoms with Gasteiger partial charge in [-0.3, -0.25) is 14.6 Å². The Morgan fingerprint density at radius 1 is 1.24 bits per heavy atom. The fourth-order valence-electron chi connectivity index (χ4n) is 2.92. The first-order valence-corrected chi connectivity index (χ1v) is 7.95. The third kappa shape index (κ3) is 3.15. The van der Waals surface area contributed by atoms with Crippen molar-refractivity contribution in [2.45, 2.75) is 25.9 Å². The molecule has 0 radical (unpaired) electrons. The van der Waals surface area contributed by atoms with E-state index in [4.69, 9.17) is 0 Å². The summed E-state index contributed by atoms with van der Waals surface area (Å²) in [5.41, 5.74) is 1.25. The Balaban J connectivity index is 2.02. The van der Waals surface area contributed by atoms with E-state index < -0.39 is 17.7 Å². The molecule has 1 atom stereocenters. The molecule has 25 heavy (non-hydrogen) atoms. The lowest BCUT2D eigenvalue weighted by molar-refractivity contribution is -0.130. The fraction of sp³-hybridized carbons (Fsp3) is 0.211. The fourth-order valence-corrected chi connectivity index (χ4v) is 2.92. The number of benzene rings is 1. The lowest BCUT2D eigenvalue weighted by Crippen LogP contribution is -2.31. The van der Waals surface area contributed by atoms with Crippen molar-refractivity contribution in [3.63, 3.8) is 0 Å². The summed E-state index contributed by atoms with van der Waals surface area (Å²) in [6.45, 7) is 1.80. The van der Waals surface area contributed by atoms with Gasteiger partial charge in [-0.25, -0.2) is 4.39 Å². The minimum atomic E-state index is -0.758. The van der Waals surface area contributed by atoms with Gasteiger partial charge in [0.15, 0.2) is 11.5 Å². The Kier molecular flexibility index (Phi) is 4.61. The van der Waals surface area contributed by atoms with E-state index in [1.807, 2.05) is 0 Å². The molecular formula is C19H17FN2O3. The molecule has 5 nitrogen and oxygen atoms in total. The minimum Gasteiger partial charge on any atom is -0.503 e. The van der Waals surface area contributed by atoms with Gasteiger partial charge in [-0.2, -0.15) is 0 Å². The molecule has 6 heteroatoms. The maximum atomic E-state index is 13.1. The zero-order valence-electron chi connectivity index (χ0n) is 13.6. The number of rotatable bonds is 5. The zero-order chi connectivity index (χ0) is 18.0. The van der Waals surface area contributed by atoms with Crippen molar-refractivity contribution in [1.29, 1.82) is 0 Å². The second-order valence-electron chi connectivity index (χ2n) is 5.76. The van der Waals surface area contributed by atoms with E-state index >= 15 is 0 Å². The molecule has 1 N–H and O–H groups in total. The highest BCUT2D eigenvalue weighted by Crippen LogP contribution is 2.38. The van der Waals surface area contributed by atoms with Gasteiger partial charge in [0.05, 0.1) is 11.3 Å². The van der Waals surface area contributed by atoms with Crippen molar-refractivity contribution in [1.82, 2.24) is 9.88 Å². The standard InChI is InChI=1S/C19H17FN2O3/c1-2-15(23)16-17(14-5-3-4-10-21-14)22(19(25)18(16)24)11-12-6-8-13(20)9-7-12/h3-10,17,24H,2,11H2,1H3. The maximum Gasteiger partial charge on any atom is 0.290 e. The highest BCUT2D eigenvalue weighted by Gasteiger charge is 2.43. The van der Waals surface area contributed by atoms with Crippen LogP contribution < -0.4 is 0 Å². The van der Waals surface area contributed by atoms with Gasteiger partial charge in [-0.1, -0.05) is 25.1 Å². The summed E-state index contributed by atoms with van der Waals surface area (Å²) in [6.07, 6.45) is 1.74. The van der Waals surface area contributed by atoms with E-state index in [9.17, 15) is 19.1 Å². The number of aliphatic hydroxyl groups excluding tert-OH is 1. The number of hydrogen-bond acceptors (Lipinski definition) is 4. The molecule has 3 rings (SSSR count). The van der Waals surface area contributed by atoms with Gasteiger partial charge in [-0.05, 0) is 29.8 Å². The Labute approximate surface area is 144 Å².